The lowest BCUT2D eigenvalue weighted by Crippen LogP contribution is -2.36. The van der Waals surface area contributed by atoms with E-state index in [-0.39, 0.29) is 11.7 Å². The average molecular weight is 453 g/mol. The summed E-state index contributed by atoms with van der Waals surface area (Å²) in [5, 5.41) is 0.403. The van der Waals surface area contributed by atoms with E-state index in [1.807, 2.05) is 25.9 Å². The van der Waals surface area contributed by atoms with E-state index < -0.39 is 6.36 Å². The molecule has 3 rings (SSSR count). The molecule has 1 amide bonds. The maximum atomic E-state index is 13.2. The van der Waals surface area contributed by atoms with Crippen molar-refractivity contribution in [3.63, 3.8) is 0 Å². The van der Waals surface area contributed by atoms with Crippen molar-refractivity contribution >= 4 is 32.6 Å². The first kappa shape index (κ1) is 22.8. The van der Waals surface area contributed by atoms with Crippen LogP contribution in [0.1, 0.15) is 17.3 Å². The minimum absolute atomic E-state index is 0.254. The summed E-state index contributed by atoms with van der Waals surface area (Å²) in [5.41, 5.74) is 0.950. The SMILES string of the molecule is CCOc1ccc(C(=O)N(CCN(C)C)c2nc3ccc(OC(F)(F)F)cc3s2)cc1. The minimum atomic E-state index is -4.78. The zero-order valence-corrected chi connectivity index (χ0v) is 18.1. The molecule has 2 aromatic carbocycles. The van der Waals surface area contributed by atoms with Crippen LogP contribution in [0.25, 0.3) is 10.2 Å². The third-order valence-electron chi connectivity index (χ3n) is 4.24. The van der Waals surface area contributed by atoms with E-state index in [1.165, 1.54) is 23.1 Å². The summed E-state index contributed by atoms with van der Waals surface area (Å²) < 4.78 is 47.5. The molecule has 0 N–H and O–H groups in total. The number of ether oxygens (including phenoxy) is 2. The Labute approximate surface area is 181 Å². The second kappa shape index (κ2) is 9.52. The molecule has 3 aromatic rings. The third kappa shape index (κ3) is 6.08. The summed E-state index contributed by atoms with van der Waals surface area (Å²) in [5.74, 6) is 0.0830. The zero-order chi connectivity index (χ0) is 22.6. The number of alkyl halides is 3. The highest BCUT2D eigenvalue weighted by Gasteiger charge is 2.31. The van der Waals surface area contributed by atoms with Gasteiger partial charge < -0.3 is 14.4 Å². The lowest BCUT2D eigenvalue weighted by molar-refractivity contribution is -0.274. The monoisotopic (exact) mass is 453 g/mol. The molecule has 0 saturated heterocycles. The summed E-state index contributed by atoms with van der Waals surface area (Å²) in [6, 6.07) is 10.7. The van der Waals surface area contributed by atoms with E-state index in [0.717, 1.165) is 11.3 Å². The van der Waals surface area contributed by atoms with Gasteiger partial charge in [-0.15, -0.1) is 13.2 Å². The van der Waals surface area contributed by atoms with Gasteiger partial charge in [-0.25, -0.2) is 4.98 Å². The number of amides is 1. The van der Waals surface area contributed by atoms with Gasteiger partial charge in [0.25, 0.3) is 5.91 Å². The average Bonchev–Trinajstić information content (AvgIpc) is 3.10. The topological polar surface area (TPSA) is 54.9 Å². The predicted molar refractivity (Wildman–Crippen MR) is 114 cm³/mol. The van der Waals surface area contributed by atoms with Crippen LogP contribution < -0.4 is 14.4 Å². The molecule has 0 fully saturated rings. The van der Waals surface area contributed by atoms with Crippen molar-refractivity contribution in [3.05, 3.63) is 48.0 Å². The third-order valence-corrected chi connectivity index (χ3v) is 5.28. The van der Waals surface area contributed by atoms with Gasteiger partial charge >= 0.3 is 6.36 Å². The van der Waals surface area contributed by atoms with Crippen LogP contribution in [0.3, 0.4) is 0 Å². The van der Waals surface area contributed by atoms with E-state index in [4.69, 9.17) is 4.74 Å². The number of benzene rings is 2. The Hall–Kier alpha value is -2.85. The Morgan fingerprint density at radius 3 is 2.35 bits per heavy atom. The van der Waals surface area contributed by atoms with Crippen molar-refractivity contribution in [1.82, 2.24) is 9.88 Å². The molecule has 10 heteroatoms. The van der Waals surface area contributed by atoms with Crippen molar-refractivity contribution in [3.8, 4) is 11.5 Å². The first-order chi connectivity index (χ1) is 14.7. The number of fused-ring (bicyclic) bond motifs is 1. The number of aromatic nitrogens is 1. The Bertz CT molecular complexity index is 1040. The van der Waals surface area contributed by atoms with Gasteiger partial charge in [0.05, 0.1) is 16.8 Å². The number of carbonyl (C=O) groups is 1. The van der Waals surface area contributed by atoms with Crippen LogP contribution in [0.15, 0.2) is 42.5 Å². The van der Waals surface area contributed by atoms with Gasteiger partial charge in [0.1, 0.15) is 11.5 Å². The molecule has 0 aliphatic rings. The van der Waals surface area contributed by atoms with E-state index in [2.05, 4.69) is 9.72 Å². The number of halogens is 3. The predicted octanol–water partition coefficient (Wildman–Crippen LogP) is 4.80. The van der Waals surface area contributed by atoms with Gasteiger partial charge in [-0.05, 0) is 57.4 Å². The van der Waals surface area contributed by atoms with E-state index in [9.17, 15) is 18.0 Å². The molecule has 0 unspecified atom stereocenters. The van der Waals surface area contributed by atoms with Gasteiger partial charge in [0, 0.05) is 24.7 Å². The van der Waals surface area contributed by atoms with Gasteiger partial charge in [0.2, 0.25) is 0 Å². The van der Waals surface area contributed by atoms with Crippen molar-refractivity contribution in [2.24, 2.45) is 0 Å². The van der Waals surface area contributed by atoms with Gasteiger partial charge in [0.15, 0.2) is 5.13 Å². The molecule has 0 bridgehead atoms. The molecule has 6 nitrogen and oxygen atoms in total. The maximum absolute atomic E-state index is 13.2. The van der Waals surface area contributed by atoms with Crippen LogP contribution in [0.4, 0.5) is 18.3 Å². The Morgan fingerprint density at radius 1 is 1.06 bits per heavy atom. The normalized spacial score (nSPS) is 11.7. The summed E-state index contributed by atoms with van der Waals surface area (Å²) in [6.45, 7) is 3.35. The molecule has 0 aliphatic heterocycles. The van der Waals surface area contributed by atoms with Crippen LogP contribution in [-0.4, -0.2) is 55.9 Å². The molecular weight excluding hydrogens is 431 g/mol. The number of rotatable bonds is 8. The molecular formula is C21H22F3N3O3S. The number of likely N-dealkylation sites (N-methyl/N-ethyl adjacent to an activating group) is 1. The van der Waals surface area contributed by atoms with Crippen LogP contribution in [0.5, 0.6) is 11.5 Å². The van der Waals surface area contributed by atoms with Gasteiger partial charge in [-0.2, -0.15) is 0 Å². The minimum Gasteiger partial charge on any atom is -0.494 e. The van der Waals surface area contributed by atoms with E-state index in [1.54, 1.807) is 24.3 Å². The van der Waals surface area contributed by atoms with Crippen LogP contribution in [0.2, 0.25) is 0 Å². The molecule has 0 atom stereocenters. The van der Waals surface area contributed by atoms with Crippen molar-refractivity contribution in [1.29, 1.82) is 0 Å². The fourth-order valence-electron chi connectivity index (χ4n) is 2.81. The maximum Gasteiger partial charge on any atom is 0.573 e. The second-order valence-electron chi connectivity index (χ2n) is 6.89. The zero-order valence-electron chi connectivity index (χ0n) is 17.3. The molecule has 166 valence electrons. The highest BCUT2D eigenvalue weighted by atomic mass is 32.1. The van der Waals surface area contributed by atoms with Crippen molar-refractivity contribution in [2.75, 3.05) is 38.7 Å². The number of hydrogen-bond acceptors (Lipinski definition) is 6. The molecule has 1 aromatic heterocycles. The number of carbonyl (C=O) groups excluding carboxylic acids is 1. The summed E-state index contributed by atoms with van der Waals surface area (Å²) in [4.78, 5) is 21.1. The molecule has 0 spiro atoms. The second-order valence-corrected chi connectivity index (χ2v) is 7.90. The lowest BCUT2D eigenvalue weighted by atomic mass is 10.2. The van der Waals surface area contributed by atoms with Crippen LogP contribution >= 0.6 is 11.3 Å². The lowest BCUT2D eigenvalue weighted by Gasteiger charge is -2.22. The largest absolute Gasteiger partial charge is 0.573 e. The Balaban J connectivity index is 1.91. The van der Waals surface area contributed by atoms with Crippen molar-refractivity contribution in [2.45, 2.75) is 13.3 Å². The number of anilines is 1. The van der Waals surface area contributed by atoms with E-state index in [0.29, 0.717) is 46.4 Å². The molecule has 0 radical (unpaired) electrons. The van der Waals surface area contributed by atoms with E-state index >= 15 is 0 Å². The fourth-order valence-corrected chi connectivity index (χ4v) is 3.82. The molecule has 0 aliphatic carbocycles. The van der Waals surface area contributed by atoms with Crippen molar-refractivity contribution < 1.29 is 27.4 Å². The Morgan fingerprint density at radius 2 is 1.74 bits per heavy atom. The van der Waals surface area contributed by atoms with Crippen LogP contribution in [0, 0.1) is 0 Å². The number of hydrogen-bond donors (Lipinski definition) is 0. The fraction of sp³-hybridized carbons (Fsp3) is 0.333. The first-order valence-electron chi connectivity index (χ1n) is 9.52. The van der Waals surface area contributed by atoms with Gasteiger partial charge in [-0.3, -0.25) is 9.69 Å². The molecule has 1 heterocycles. The molecule has 31 heavy (non-hydrogen) atoms. The summed E-state index contributed by atoms with van der Waals surface area (Å²) in [7, 11) is 3.78. The van der Waals surface area contributed by atoms with Gasteiger partial charge in [-0.1, -0.05) is 11.3 Å². The summed E-state index contributed by atoms with van der Waals surface area (Å²) in [6.07, 6.45) is -4.78. The standard InChI is InChI=1S/C21H22F3N3O3S/c1-4-29-15-7-5-14(6-8-15)19(28)27(12-11-26(2)3)20-25-17-10-9-16(13-18(17)31-20)30-21(22,23)24/h5-10,13H,4,11-12H2,1-3H3. The first-order valence-corrected chi connectivity index (χ1v) is 10.3. The smallest absolute Gasteiger partial charge is 0.494 e. The quantitative estimate of drug-likeness (QED) is 0.490. The van der Waals surface area contributed by atoms with Crippen LogP contribution in [-0.2, 0) is 0 Å². The highest BCUT2D eigenvalue weighted by molar-refractivity contribution is 7.22. The number of thiazole rings is 1. The molecule has 0 saturated carbocycles. The number of nitrogens with zero attached hydrogens (tertiary/aromatic N) is 3. The highest BCUT2D eigenvalue weighted by Crippen LogP contribution is 2.34. The Kier molecular flexibility index (Phi) is 7.01. The summed E-state index contributed by atoms with van der Waals surface area (Å²) >= 11 is 1.13.